The Bertz CT molecular complexity index is 631. The molecule has 1 aliphatic rings. The standard InChI is InChI=1S/C12H11NO3/c1-7-2-5-9-10(6-7)16-12(15)13(9)11(14)8-3-4-8/h2,5-6,8H,3-4H2,1H3. The molecule has 4 nitrogen and oxygen atoms in total. The number of carbonyl (C=O) groups is 1. The predicted molar refractivity (Wildman–Crippen MR) is 58.6 cm³/mol. The third-order valence-corrected chi connectivity index (χ3v) is 2.88. The van der Waals surface area contributed by atoms with Crippen LogP contribution in [-0.2, 0) is 0 Å². The van der Waals surface area contributed by atoms with Crippen LogP contribution in [0.15, 0.2) is 27.4 Å². The van der Waals surface area contributed by atoms with Gasteiger partial charge in [-0.3, -0.25) is 4.79 Å². The van der Waals surface area contributed by atoms with E-state index in [-0.39, 0.29) is 11.8 Å². The molecule has 2 aromatic rings. The zero-order chi connectivity index (χ0) is 11.3. The minimum Gasteiger partial charge on any atom is -0.407 e. The maximum absolute atomic E-state index is 11.9. The van der Waals surface area contributed by atoms with E-state index in [2.05, 4.69) is 0 Å². The van der Waals surface area contributed by atoms with Crippen molar-refractivity contribution in [1.82, 2.24) is 4.57 Å². The average molecular weight is 217 g/mol. The summed E-state index contributed by atoms with van der Waals surface area (Å²) in [5, 5.41) is 0. The number of aryl methyl sites for hydroxylation is 1. The van der Waals surface area contributed by atoms with Gasteiger partial charge in [0.2, 0.25) is 5.91 Å². The third-order valence-electron chi connectivity index (χ3n) is 2.88. The number of nitrogens with zero attached hydrogens (tertiary/aromatic N) is 1. The molecule has 0 spiro atoms. The van der Waals surface area contributed by atoms with Crippen molar-refractivity contribution in [2.45, 2.75) is 19.8 Å². The summed E-state index contributed by atoms with van der Waals surface area (Å²) in [6, 6.07) is 5.40. The lowest BCUT2D eigenvalue weighted by Crippen LogP contribution is -2.23. The molecule has 0 aliphatic heterocycles. The second-order valence-corrected chi connectivity index (χ2v) is 4.29. The Morgan fingerprint density at radius 2 is 2.19 bits per heavy atom. The number of oxazole rings is 1. The van der Waals surface area contributed by atoms with Crippen molar-refractivity contribution in [3.05, 3.63) is 34.3 Å². The molecule has 1 fully saturated rings. The topological polar surface area (TPSA) is 52.2 Å². The highest BCUT2D eigenvalue weighted by Gasteiger charge is 2.33. The van der Waals surface area contributed by atoms with Gasteiger partial charge in [-0.2, -0.15) is 0 Å². The molecule has 3 rings (SSSR count). The fraction of sp³-hybridized carbons (Fsp3) is 0.333. The summed E-state index contributed by atoms with van der Waals surface area (Å²) >= 11 is 0. The van der Waals surface area contributed by atoms with Gasteiger partial charge in [-0.1, -0.05) is 6.07 Å². The minimum absolute atomic E-state index is 0.0137. The SMILES string of the molecule is Cc1ccc2c(c1)oc(=O)n2C(=O)C1CC1. The maximum Gasteiger partial charge on any atom is 0.426 e. The van der Waals surface area contributed by atoms with E-state index < -0.39 is 5.76 Å². The van der Waals surface area contributed by atoms with Crippen LogP contribution in [-0.4, -0.2) is 10.5 Å². The molecule has 4 heteroatoms. The minimum atomic E-state index is -0.572. The summed E-state index contributed by atoms with van der Waals surface area (Å²) in [5.41, 5.74) is 2.07. The molecule has 16 heavy (non-hydrogen) atoms. The molecule has 82 valence electrons. The molecule has 0 saturated heterocycles. The molecule has 1 aliphatic carbocycles. The van der Waals surface area contributed by atoms with Crippen LogP contribution in [0.3, 0.4) is 0 Å². The van der Waals surface area contributed by atoms with Crippen molar-refractivity contribution in [3.8, 4) is 0 Å². The molecular formula is C12H11NO3. The zero-order valence-corrected chi connectivity index (χ0v) is 8.90. The first-order valence-corrected chi connectivity index (χ1v) is 5.33. The second-order valence-electron chi connectivity index (χ2n) is 4.29. The molecule has 0 bridgehead atoms. The summed E-state index contributed by atoms with van der Waals surface area (Å²) in [7, 11) is 0. The van der Waals surface area contributed by atoms with Gasteiger partial charge < -0.3 is 4.42 Å². The molecule has 0 atom stereocenters. The van der Waals surface area contributed by atoms with E-state index in [0.717, 1.165) is 23.0 Å². The van der Waals surface area contributed by atoms with Crippen LogP contribution in [0.2, 0.25) is 0 Å². The van der Waals surface area contributed by atoms with Crippen LogP contribution in [0.5, 0.6) is 0 Å². The summed E-state index contributed by atoms with van der Waals surface area (Å²) in [4.78, 5) is 23.5. The van der Waals surface area contributed by atoms with Gasteiger partial charge >= 0.3 is 5.76 Å². The van der Waals surface area contributed by atoms with Gasteiger partial charge in [0.1, 0.15) is 0 Å². The molecule has 0 amide bonds. The first kappa shape index (κ1) is 9.39. The van der Waals surface area contributed by atoms with E-state index in [9.17, 15) is 9.59 Å². The first-order valence-electron chi connectivity index (χ1n) is 5.33. The third kappa shape index (κ3) is 1.30. The van der Waals surface area contributed by atoms with Crippen LogP contribution in [0.1, 0.15) is 23.2 Å². The van der Waals surface area contributed by atoms with Crippen LogP contribution in [0, 0.1) is 12.8 Å². The van der Waals surface area contributed by atoms with Crippen LogP contribution in [0.25, 0.3) is 11.1 Å². The van der Waals surface area contributed by atoms with Gasteiger partial charge in [0.05, 0.1) is 5.52 Å². The number of rotatable bonds is 1. The van der Waals surface area contributed by atoms with Crippen LogP contribution >= 0.6 is 0 Å². The molecule has 1 aromatic carbocycles. The Hall–Kier alpha value is -1.84. The van der Waals surface area contributed by atoms with Crippen molar-refractivity contribution >= 4 is 17.0 Å². The second kappa shape index (κ2) is 3.07. The largest absolute Gasteiger partial charge is 0.426 e. The zero-order valence-electron chi connectivity index (χ0n) is 8.90. The molecule has 0 unspecified atom stereocenters. The average Bonchev–Trinajstić information content (AvgIpc) is 3.01. The predicted octanol–water partition coefficient (Wildman–Crippen LogP) is 1.95. The van der Waals surface area contributed by atoms with Crippen LogP contribution in [0.4, 0.5) is 0 Å². The van der Waals surface area contributed by atoms with Crippen molar-refractivity contribution in [2.24, 2.45) is 5.92 Å². The lowest BCUT2D eigenvalue weighted by Gasteiger charge is -1.98. The van der Waals surface area contributed by atoms with Crippen molar-refractivity contribution < 1.29 is 9.21 Å². The highest BCUT2D eigenvalue weighted by Crippen LogP contribution is 2.31. The quantitative estimate of drug-likeness (QED) is 0.733. The molecule has 1 aromatic heterocycles. The number of aromatic nitrogens is 1. The van der Waals surface area contributed by atoms with Gasteiger partial charge in [-0.25, -0.2) is 9.36 Å². The van der Waals surface area contributed by atoms with Gasteiger partial charge in [0.25, 0.3) is 0 Å². The van der Waals surface area contributed by atoms with E-state index in [4.69, 9.17) is 4.42 Å². The van der Waals surface area contributed by atoms with Crippen molar-refractivity contribution in [2.75, 3.05) is 0 Å². The van der Waals surface area contributed by atoms with Crippen LogP contribution < -0.4 is 5.76 Å². The molecule has 1 saturated carbocycles. The summed E-state index contributed by atoms with van der Waals surface area (Å²) in [6.45, 7) is 1.92. The number of benzene rings is 1. The van der Waals surface area contributed by atoms with E-state index in [0.29, 0.717) is 11.1 Å². The Balaban J connectivity index is 2.26. The Morgan fingerprint density at radius 1 is 1.44 bits per heavy atom. The van der Waals surface area contributed by atoms with E-state index in [1.807, 2.05) is 13.0 Å². The maximum atomic E-state index is 11.9. The smallest absolute Gasteiger partial charge is 0.407 e. The number of hydrogen-bond donors (Lipinski definition) is 0. The number of fused-ring (bicyclic) bond motifs is 1. The Kier molecular flexibility index (Phi) is 1.80. The number of hydrogen-bond acceptors (Lipinski definition) is 3. The van der Waals surface area contributed by atoms with Gasteiger partial charge in [0, 0.05) is 5.92 Å². The molecular weight excluding hydrogens is 206 g/mol. The first-order chi connectivity index (χ1) is 7.66. The molecule has 0 N–H and O–H groups in total. The Labute approximate surface area is 91.5 Å². The highest BCUT2D eigenvalue weighted by atomic mass is 16.4. The fourth-order valence-corrected chi connectivity index (χ4v) is 1.85. The van der Waals surface area contributed by atoms with Gasteiger partial charge in [-0.15, -0.1) is 0 Å². The normalized spacial score (nSPS) is 15.6. The van der Waals surface area contributed by atoms with Gasteiger partial charge in [-0.05, 0) is 37.5 Å². The fourth-order valence-electron chi connectivity index (χ4n) is 1.85. The lowest BCUT2D eigenvalue weighted by molar-refractivity contribution is 0.0882. The van der Waals surface area contributed by atoms with E-state index in [1.165, 1.54) is 0 Å². The monoisotopic (exact) mass is 217 g/mol. The summed E-state index contributed by atoms with van der Waals surface area (Å²) in [6.07, 6.45) is 1.76. The molecule has 1 heterocycles. The summed E-state index contributed by atoms with van der Waals surface area (Å²) in [5.74, 6) is -0.690. The van der Waals surface area contributed by atoms with Gasteiger partial charge in [0.15, 0.2) is 5.58 Å². The van der Waals surface area contributed by atoms with E-state index >= 15 is 0 Å². The van der Waals surface area contributed by atoms with E-state index in [1.54, 1.807) is 12.1 Å². The van der Waals surface area contributed by atoms with Crippen molar-refractivity contribution in [1.29, 1.82) is 0 Å². The lowest BCUT2D eigenvalue weighted by atomic mass is 10.2. The van der Waals surface area contributed by atoms with Crippen molar-refractivity contribution in [3.63, 3.8) is 0 Å². The molecule has 0 radical (unpaired) electrons. The highest BCUT2D eigenvalue weighted by molar-refractivity contribution is 5.91. The summed E-state index contributed by atoms with van der Waals surface area (Å²) < 4.78 is 6.22. The number of carbonyl (C=O) groups excluding carboxylic acids is 1. The Morgan fingerprint density at radius 3 is 2.88 bits per heavy atom.